The lowest BCUT2D eigenvalue weighted by molar-refractivity contribution is 0.0205. The van der Waals surface area contributed by atoms with Crippen molar-refractivity contribution < 1.29 is 9.53 Å². The number of nitrogens with zero attached hydrogens (tertiary/aromatic N) is 3. The summed E-state index contributed by atoms with van der Waals surface area (Å²) in [5.74, 6) is 2.51. The number of hydrogen-bond donors (Lipinski definition) is 1. The molecule has 0 bridgehead atoms. The van der Waals surface area contributed by atoms with Gasteiger partial charge in [0.25, 0.3) is 0 Å². The number of allylic oxidation sites excluding steroid dienone is 1. The summed E-state index contributed by atoms with van der Waals surface area (Å²) < 4.78 is 5.78. The van der Waals surface area contributed by atoms with Gasteiger partial charge < -0.3 is 9.72 Å². The number of rotatable bonds is 5. The minimum Gasteiger partial charge on any atom is -0.444 e. The molecule has 1 amide bonds. The van der Waals surface area contributed by atoms with Crippen molar-refractivity contribution in [1.82, 2.24) is 14.9 Å². The van der Waals surface area contributed by atoms with Crippen LogP contribution < -0.4 is 0 Å². The number of fused-ring (bicyclic) bond motifs is 1. The summed E-state index contributed by atoms with van der Waals surface area (Å²) >= 11 is 0. The van der Waals surface area contributed by atoms with Crippen molar-refractivity contribution in [3.8, 4) is 22.4 Å². The molecule has 1 saturated heterocycles. The Morgan fingerprint density at radius 2 is 1.66 bits per heavy atom. The first-order valence-corrected chi connectivity index (χ1v) is 16.7. The van der Waals surface area contributed by atoms with E-state index in [-0.39, 0.29) is 18.2 Å². The van der Waals surface area contributed by atoms with Crippen LogP contribution in [0.25, 0.3) is 28.1 Å². The fourth-order valence-corrected chi connectivity index (χ4v) is 7.95. The Hall–Kier alpha value is -3.67. The van der Waals surface area contributed by atoms with Crippen molar-refractivity contribution in [2.45, 2.75) is 116 Å². The van der Waals surface area contributed by atoms with E-state index in [1.807, 2.05) is 31.9 Å². The Bertz CT molecular complexity index is 1620. The van der Waals surface area contributed by atoms with E-state index < -0.39 is 5.60 Å². The van der Waals surface area contributed by atoms with Gasteiger partial charge in [-0.15, -0.1) is 0 Å². The normalized spacial score (nSPS) is 24.9. The first kappa shape index (κ1) is 29.1. The van der Waals surface area contributed by atoms with E-state index in [2.05, 4.69) is 61.3 Å². The molecule has 1 saturated carbocycles. The lowest BCUT2D eigenvalue weighted by Crippen LogP contribution is -2.46. The molecule has 6 nitrogen and oxygen atoms in total. The highest BCUT2D eigenvalue weighted by Gasteiger charge is 2.40. The summed E-state index contributed by atoms with van der Waals surface area (Å²) in [6.07, 6.45) is 13.9. The predicted octanol–water partition coefficient (Wildman–Crippen LogP) is 9.11. The zero-order valence-corrected chi connectivity index (χ0v) is 27.0. The SMILES string of the molecule is C[C@H]1CC[C@@H](c2ncc(-c3ccc(-c4ccc(C5=CCC([C@@H]6CC[C@H](C)N6C(=O)OC(C)(C)C)=N5)c5c4CCC5)cc3)[nH]2)C1. The van der Waals surface area contributed by atoms with E-state index >= 15 is 0 Å². The van der Waals surface area contributed by atoms with Crippen LogP contribution in [0.1, 0.15) is 108 Å². The maximum absolute atomic E-state index is 13.1. The first-order chi connectivity index (χ1) is 21.1. The lowest BCUT2D eigenvalue weighted by atomic mass is 9.92. The molecule has 2 aliphatic carbocycles. The second-order valence-electron chi connectivity index (χ2n) is 14.6. The number of likely N-dealkylation sites (tertiary alicyclic amines) is 1. The first-order valence-electron chi connectivity index (χ1n) is 16.7. The number of aromatic nitrogens is 2. The van der Waals surface area contributed by atoms with Crippen LogP contribution in [-0.2, 0) is 17.6 Å². The smallest absolute Gasteiger partial charge is 0.411 e. The highest BCUT2D eigenvalue weighted by atomic mass is 16.6. The van der Waals surface area contributed by atoms with Gasteiger partial charge in [-0.1, -0.05) is 49.4 Å². The molecule has 4 atom stereocenters. The van der Waals surface area contributed by atoms with Gasteiger partial charge in [-0.3, -0.25) is 9.89 Å². The molecule has 1 N–H and O–H groups in total. The number of hydrogen-bond acceptors (Lipinski definition) is 4. The molecule has 7 rings (SSSR count). The summed E-state index contributed by atoms with van der Waals surface area (Å²) in [7, 11) is 0. The van der Waals surface area contributed by atoms with Gasteiger partial charge in [-0.05, 0) is 113 Å². The third-order valence-corrected chi connectivity index (χ3v) is 10.2. The van der Waals surface area contributed by atoms with Crippen LogP contribution in [0.2, 0.25) is 0 Å². The number of amides is 1. The van der Waals surface area contributed by atoms with Crippen LogP contribution in [0.15, 0.2) is 53.7 Å². The van der Waals surface area contributed by atoms with E-state index in [0.717, 1.165) is 60.9 Å². The Balaban J connectivity index is 1.10. The van der Waals surface area contributed by atoms with E-state index in [1.165, 1.54) is 59.1 Å². The second-order valence-corrected chi connectivity index (χ2v) is 14.6. The Labute approximate surface area is 262 Å². The summed E-state index contributed by atoms with van der Waals surface area (Å²) in [5.41, 5.74) is 10.7. The number of aromatic amines is 1. The molecule has 0 unspecified atom stereocenters. The van der Waals surface area contributed by atoms with Crippen LogP contribution in [0.3, 0.4) is 0 Å². The van der Waals surface area contributed by atoms with Crippen LogP contribution in [0, 0.1) is 5.92 Å². The fourth-order valence-electron chi connectivity index (χ4n) is 7.95. The topological polar surface area (TPSA) is 70.6 Å². The summed E-state index contributed by atoms with van der Waals surface area (Å²) in [4.78, 5) is 28.6. The molecule has 2 aromatic carbocycles. The minimum atomic E-state index is -0.510. The van der Waals surface area contributed by atoms with Gasteiger partial charge in [0, 0.05) is 29.7 Å². The number of benzene rings is 2. The molecule has 0 radical (unpaired) electrons. The number of imidazole rings is 1. The highest BCUT2D eigenvalue weighted by molar-refractivity contribution is 6.01. The monoisotopic (exact) mass is 590 g/mol. The van der Waals surface area contributed by atoms with E-state index in [1.54, 1.807) is 0 Å². The number of nitrogens with one attached hydrogen (secondary N) is 1. The van der Waals surface area contributed by atoms with Gasteiger partial charge in [-0.2, -0.15) is 0 Å². The van der Waals surface area contributed by atoms with Gasteiger partial charge in [0.05, 0.1) is 23.6 Å². The molecular formula is C38H46N4O2. The number of carbonyl (C=O) groups is 1. The maximum atomic E-state index is 13.1. The molecule has 2 aliphatic heterocycles. The molecule has 0 spiro atoms. The molecule has 6 heteroatoms. The number of carbonyl (C=O) groups excluding carboxylic acids is 1. The molecular weight excluding hydrogens is 544 g/mol. The third kappa shape index (κ3) is 5.52. The molecule has 230 valence electrons. The number of aliphatic imine (C=N–C) groups is 1. The largest absolute Gasteiger partial charge is 0.444 e. The fraction of sp³-hybridized carbons (Fsp3) is 0.500. The van der Waals surface area contributed by atoms with Gasteiger partial charge in [0.1, 0.15) is 11.4 Å². The Morgan fingerprint density at radius 3 is 2.39 bits per heavy atom. The molecule has 4 aliphatic rings. The highest BCUT2D eigenvalue weighted by Crippen LogP contribution is 2.41. The molecule has 3 aromatic rings. The summed E-state index contributed by atoms with van der Waals surface area (Å²) in [5, 5.41) is 0. The number of H-pyrrole nitrogens is 1. The van der Waals surface area contributed by atoms with Crippen LogP contribution in [-0.4, -0.2) is 44.4 Å². The number of ether oxygens (including phenoxy) is 1. The molecule has 1 aromatic heterocycles. The van der Waals surface area contributed by atoms with Crippen LogP contribution in [0.5, 0.6) is 0 Å². The quantitative estimate of drug-likeness (QED) is 0.322. The van der Waals surface area contributed by atoms with Crippen molar-refractivity contribution in [3.63, 3.8) is 0 Å². The standard InChI is InChI=1S/C38H46N4O2/c1-23-9-11-27(21-23)36-39-22-34(41-36)26-14-12-25(13-15-26)28-16-17-31(30-8-6-7-29(28)30)32-18-19-33(40-32)35-20-10-24(2)42(35)37(43)44-38(3,4)5/h12-18,22-24,27,35H,6-11,19-21H2,1-5H3,(H,39,41)/t23-,24-,27+,35-/m0/s1. The molecule has 2 fully saturated rings. The third-order valence-electron chi connectivity index (χ3n) is 10.2. The lowest BCUT2D eigenvalue weighted by Gasteiger charge is -2.31. The van der Waals surface area contributed by atoms with Gasteiger partial charge in [0.2, 0.25) is 0 Å². The van der Waals surface area contributed by atoms with Gasteiger partial charge in [0.15, 0.2) is 0 Å². The minimum absolute atomic E-state index is 0.00659. The van der Waals surface area contributed by atoms with Crippen LogP contribution >= 0.6 is 0 Å². The van der Waals surface area contributed by atoms with Crippen molar-refractivity contribution >= 4 is 17.5 Å². The molecule has 3 heterocycles. The zero-order valence-electron chi connectivity index (χ0n) is 27.0. The average Bonchev–Trinajstić information content (AvgIpc) is 3.81. The predicted molar refractivity (Wildman–Crippen MR) is 178 cm³/mol. The van der Waals surface area contributed by atoms with E-state index in [4.69, 9.17) is 14.7 Å². The average molecular weight is 591 g/mol. The molecule has 44 heavy (non-hydrogen) atoms. The second kappa shape index (κ2) is 11.4. The van der Waals surface area contributed by atoms with E-state index in [0.29, 0.717) is 5.92 Å². The van der Waals surface area contributed by atoms with Crippen molar-refractivity contribution in [1.29, 1.82) is 0 Å². The maximum Gasteiger partial charge on any atom is 0.411 e. The Kier molecular flexibility index (Phi) is 7.50. The van der Waals surface area contributed by atoms with Gasteiger partial charge in [-0.25, -0.2) is 9.78 Å². The van der Waals surface area contributed by atoms with E-state index in [9.17, 15) is 4.79 Å². The Morgan fingerprint density at radius 1 is 0.932 bits per heavy atom. The zero-order chi connectivity index (χ0) is 30.6. The van der Waals surface area contributed by atoms with Crippen LogP contribution in [0.4, 0.5) is 4.79 Å². The van der Waals surface area contributed by atoms with Crippen molar-refractivity contribution in [3.05, 3.63) is 71.2 Å². The van der Waals surface area contributed by atoms with Crippen molar-refractivity contribution in [2.24, 2.45) is 10.9 Å². The van der Waals surface area contributed by atoms with Crippen molar-refractivity contribution in [2.75, 3.05) is 0 Å². The van der Waals surface area contributed by atoms with Gasteiger partial charge >= 0.3 is 6.09 Å². The summed E-state index contributed by atoms with van der Waals surface area (Å²) in [6.45, 7) is 10.3. The summed E-state index contributed by atoms with van der Waals surface area (Å²) in [6, 6.07) is 13.7.